The lowest BCUT2D eigenvalue weighted by Gasteiger charge is -2.54. The molecule has 29 heavy (non-hydrogen) atoms. The van der Waals surface area contributed by atoms with Crippen LogP contribution in [-0.4, -0.2) is 63.3 Å². The molecule has 2 aliphatic heterocycles. The van der Waals surface area contributed by atoms with Gasteiger partial charge in [0.05, 0.1) is 5.54 Å². The minimum Gasteiger partial charge on any atom is -0.477 e. The van der Waals surface area contributed by atoms with E-state index in [-0.39, 0.29) is 11.6 Å². The van der Waals surface area contributed by atoms with E-state index in [2.05, 4.69) is 4.90 Å². The van der Waals surface area contributed by atoms with Crippen molar-refractivity contribution >= 4 is 12.1 Å². The van der Waals surface area contributed by atoms with Gasteiger partial charge >= 0.3 is 12.1 Å². The van der Waals surface area contributed by atoms with Crippen LogP contribution in [0.25, 0.3) is 0 Å². The molecule has 1 amide bonds. The number of aromatic carboxylic acids is 1. The predicted octanol–water partition coefficient (Wildman–Crippen LogP) is 3.53. The van der Waals surface area contributed by atoms with Crippen molar-refractivity contribution in [1.29, 1.82) is 0 Å². The zero-order chi connectivity index (χ0) is 20.8. The molecule has 4 rings (SSSR count). The summed E-state index contributed by atoms with van der Waals surface area (Å²) in [6.07, 6.45) is 5.18. The smallest absolute Gasteiger partial charge is 0.410 e. The maximum Gasteiger partial charge on any atom is 0.410 e. The normalized spacial score (nSPS) is 22.2. The van der Waals surface area contributed by atoms with Gasteiger partial charge in [0.15, 0.2) is 0 Å². The van der Waals surface area contributed by atoms with Crippen LogP contribution in [0.5, 0.6) is 0 Å². The summed E-state index contributed by atoms with van der Waals surface area (Å²) in [4.78, 5) is 28.3. The molecule has 7 heteroatoms. The number of piperidine rings is 1. The van der Waals surface area contributed by atoms with Crippen molar-refractivity contribution < 1.29 is 19.4 Å². The minimum atomic E-state index is -0.839. The predicted molar refractivity (Wildman–Crippen MR) is 109 cm³/mol. The SMILES string of the molecule is CC(C)(C)OC(=O)N1CCC(CN2CCn3c(C(=O)O)ccc3C23CCC3)CC1. The molecule has 1 saturated heterocycles. The third-order valence-corrected chi connectivity index (χ3v) is 6.80. The highest BCUT2D eigenvalue weighted by molar-refractivity contribution is 5.86. The monoisotopic (exact) mass is 403 g/mol. The van der Waals surface area contributed by atoms with Crippen LogP contribution in [0.2, 0.25) is 0 Å². The number of rotatable bonds is 3. The molecule has 0 aromatic carbocycles. The van der Waals surface area contributed by atoms with Gasteiger partial charge in [-0.3, -0.25) is 4.90 Å². The zero-order valence-corrected chi connectivity index (χ0v) is 17.8. The molecule has 0 unspecified atom stereocenters. The maximum absolute atomic E-state index is 12.3. The number of carboxylic acid groups (broad SMARTS) is 1. The lowest BCUT2D eigenvalue weighted by Crippen LogP contribution is -2.58. The Hall–Kier alpha value is -2.02. The molecule has 1 spiro atoms. The van der Waals surface area contributed by atoms with Crippen LogP contribution in [0.15, 0.2) is 12.1 Å². The number of aromatic nitrogens is 1. The zero-order valence-electron chi connectivity index (χ0n) is 17.8. The van der Waals surface area contributed by atoms with Crippen LogP contribution in [0.4, 0.5) is 4.79 Å². The van der Waals surface area contributed by atoms with Crippen molar-refractivity contribution in [1.82, 2.24) is 14.4 Å². The number of carbonyl (C=O) groups excluding carboxylic acids is 1. The van der Waals surface area contributed by atoms with Gasteiger partial charge in [0.25, 0.3) is 0 Å². The van der Waals surface area contributed by atoms with Gasteiger partial charge in [-0.25, -0.2) is 9.59 Å². The summed E-state index contributed by atoms with van der Waals surface area (Å²) in [7, 11) is 0. The molecule has 2 fully saturated rings. The number of carbonyl (C=O) groups is 2. The highest BCUT2D eigenvalue weighted by Crippen LogP contribution is 2.49. The number of fused-ring (bicyclic) bond motifs is 2. The third kappa shape index (κ3) is 3.77. The van der Waals surface area contributed by atoms with Crippen LogP contribution in [-0.2, 0) is 16.8 Å². The number of likely N-dealkylation sites (tertiary alicyclic amines) is 1. The van der Waals surface area contributed by atoms with Crippen molar-refractivity contribution in [3.63, 3.8) is 0 Å². The molecule has 7 nitrogen and oxygen atoms in total. The van der Waals surface area contributed by atoms with E-state index in [9.17, 15) is 14.7 Å². The van der Waals surface area contributed by atoms with E-state index in [1.165, 1.54) is 12.1 Å². The van der Waals surface area contributed by atoms with Gasteiger partial charge in [-0.1, -0.05) is 0 Å². The first-order valence-electron chi connectivity index (χ1n) is 10.9. The molecule has 1 aromatic heterocycles. The first-order valence-corrected chi connectivity index (χ1v) is 10.9. The van der Waals surface area contributed by atoms with Crippen LogP contribution in [0, 0.1) is 5.92 Å². The molecule has 3 aliphatic rings. The summed E-state index contributed by atoms with van der Waals surface area (Å²) < 4.78 is 7.53. The average Bonchev–Trinajstić information content (AvgIpc) is 3.04. The number of carboxylic acids is 1. The van der Waals surface area contributed by atoms with Crippen LogP contribution < -0.4 is 0 Å². The molecule has 0 radical (unpaired) electrons. The van der Waals surface area contributed by atoms with E-state index in [1.807, 2.05) is 36.3 Å². The summed E-state index contributed by atoms with van der Waals surface area (Å²) in [5, 5.41) is 9.48. The lowest BCUT2D eigenvalue weighted by molar-refractivity contribution is -0.0331. The van der Waals surface area contributed by atoms with Crippen molar-refractivity contribution in [3.8, 4) is 0 Å². The van der Waals surface area contributed by atoms with Crippen LogP contribution in [0.3, 0.4) is 0 Å². The molecule has 0 bridgehead atoms. The van der Waals surface area contributed by atoms with E-state index >= 15 is 0 Å². The standard InChI is InChI=1S/C22H33N3O4/c1-21(2,3)29-20(28)23-11-7-16(8-12-23)15-24-13-14-25-17(19(26)27)5-6-18(25)22(24)9-4-10-22/h5-6,16H,4,7-15H2,1-3H3,(H,26,27). The fourth-order valence-electron chi connectivity index (χ4n) is 5.18. The molecule has 160 valence electrons. The highest BCUT2D eigenvalue weighted by Gasteiger charge is 2.49. The summed E-state index contributed by atoms with van der Waals surface area (Å²) >= 11 is 0. The van der Waals surface area contributed by atoms with Gasteiger partial charge in [-0.15, -0.1) is 0 Å². The van der Waals surface area contributed by atoms with Crippen LogP contribution >= 0.6 is 0 Å². The quantitative estimate of drug-likeness (QED) is 0.836. The number of hydrogen-bond donors (Lipinski definition) is 1. The Morgan fingerprint density at radius 2 is 1.83 bits per heavy atom. The maximum atomic E-state index is 12.3. The molecule has 1 N–H and O–H groups in total. The number of hydrogen-bond acceptors (Lipinski definition) is 4. The summed E-state index contributed by atoms with van der Waals surface area (Å²) in [5.74, 6) is -0.277. The first kappa shape index (κ1) is 20.3. The number of nitrogens with zero attached hydrogens (tertiary/aromatic N) is 3. The average molecular weight is 404 g/mol. The molecule has 1 saturated carbocycles. The van der Waals surface area contributed by atoms with Gasteiger partial charge in [0.1, 0.15) is 11.3 Å². The number of ether oxygens (including phenoxy) is 1. The fourth-order valence-corrected chi connectivity index (χ4v) is 5.18. The van der Waals surface area contributed by atoms with E-state index in [0.717, 1.165) is 58.4 Å². The van der Waals surface area contributed by atoms with E-state index in [1.54, 1.807) is 6.07 Å². The first-order chi connectivity index (χ1) is 13.7. The molecule has 0 atom stereocenters. The second kappa shape index (κ2) is 7.35. The minimum absolute atomic E-state index is 0.00818. The molecular weight excluding hydrogens is 370 g/mol. The summed E-state index contributed by atoms with van der Waals surface area (Å²) in [6, 6.07) is 3.79. The second-order valence-corrected chi connectivity index (χ2v) is 9.80. The van der Waals surface area contributed by atoms with Gasteiger partial charge in [0, 0.05) is 38.4 Å². The molecule has 1 aromatic rings. The Kier molecular flexibility index (Phi) is 5.13. The molecule has 1 aliphatic carbocycles. The topological polar surface area (TPSA) is 75.0 Å². The second-order valence-electron chi connectivity index (χ2n) is 9.80. The Balaban J connectivity index is 1.39. The van der Waals surface area contributed by atoms with Crippen LogP contribution in [0.1, 0.15) is 69.1 Å². The van der Waals surface area contributed by atoms with E-state index < -0.39 is 11.6 Å². The van der Waals surface area contributed by atoms with Gasteiger partial charge in [0.2, 0.25) is 0 Å². The highest BCUT2D eigenvalue weighted by atomic mass is 16.6. The van der Waals surface area contributed by atoms with Gasteiger partial charge in [-0.2, -0.15) is 0 Å². The van der Waals surface area contributed by atoms with Crippen molar-refractivity contribution in [2.75, 3.05) is 26.2 Å². The Morgan fingerprint density at radius 1 is 1.14 bits per heavy atom. The van der Waals surface area contributed by atoms with Crippen molar-refractivity contribution in [2.24, 2.45) is 5.92 Å². The summed E-state index contributed by atoms with van der Waals surface area (Å²) in [5.41, 5.74) is 1.14. The van der Waals surface area contributed by atoms with E-state index in [4.69, 9.17) is 4.74 Å². The third-order valence-electron chi connectivity index (χ3n) is 6.80. The van der Waals surface area contributed by atoms with E-state index in [0.29, 0.717) is 11.6 Å². The Bertz CT molecular complexity index is 782. The summed E-state index contributed by atoms with van der Waals surface area (Å²) in [6.45, 7) is 9.86. The fraction of sp³-hybridized carbons (Fsp3) is 0.727. The molecular formula is C22H33N3O4. The van der Waals surface area contributed by atoms with Gasteiger partial charge < -0.3 is 19.3 Å². The molecule has 3 heterocycles. The van der Waals surface area contributed by atoms with Crippen molar-refractivity contribution in [2.45, 2.75) is 70.6 Å². The Labute approximate surface area is 172 Å². The Morgan fingerprint density at radius 3 is 2.38 bits per heavy atom. The number of amides is 1. The lowest BCUT2D eigenvalue weighted by atomic mass is 9.71. The van der Waals surface area contributed by atoms with Crippen molar-refractivity contribution in [3.05, 3.63) is 23.5 Å². The van der Waals surface area contributed by atoms with Gasteiger partial charge in [-0.05, 0) is 70.9 Å². The largest absolute Gasteiger partial charge is 0.477 e.